The molecule has 1 aliphatic heterocycles. The first-order valence-corrected chi connectivity index (χ1v) is 11.1. The van der Waals surface area contributed by atoms with Crippen molar-refractivity contribution < 1.29 is 19.0 Å². The van der Waals surface area contributed by atoms with Gasteiger partial charge in [0.15, 0.2) is 0 Å². The number of anilines is 1. The third-order valence-electron chi connectivity index (χ3n) is 6.18. The summed E-state index contributed by atoms with van der Waals surface area (Å²) in [6.07, 6.45) is 1.41. The van der Waals surface area contributed by atoms with Crippen LogP contribution in [0.3, 0.4) is 0 Å². The number of hydrogen-bond acceptors (Lipinski definition) is 3. The van der Waals surface area contributed by atoms with Crippen molar-refractivity contribution >= 4 is 11.6 Å². The Balaban J connectivity index is 1.27. The van der Waals surface area contributed by atoms with Crippen LogP contribution < -0.4 is 9.64 Å². The van der Waals surface area contributed by atoms with E-state index in [2.05, 4.69) is 12.1 Å². The molecular formula is C28H24FNO3. The number of fused-ring (bicyclic) bond motifs is 1. The number of carbonyl (C=O) groups is 1. The van der Waals surface area contributed by atoms with Crippen LogP contribution in [0.4, 0.5) is 10.1 Å². The van der Waals surface area contributed by atoms with Crippen molar-refractivity contribution in [2.75, 3.05) is 11.5 Å². The van der Waals surface area contributed by atoms with E-state index in [0.29, 0.717) is 18.7 Å². The van der Waals surface area contributed by atoms with Gasteiger partial charge in [0.1, 0.15) is 17.3 Å². The van der Waals surface area contributed by atoms with E-state index in [1.165, 1.54) is 12.1 Å². The van der Waals surface area contributed by atoms with E-state index >= 15 is 0 Å². The van der Waals surface area contributed by atoms with Gasteiger partial charge in [-0.3, -0.25) is 4.79 Å². The lowest BCUT2D eigenvalue weighted by Gasteiger charge is -2.47. The summed E-state index contributed by atoms with van der Waals surface area (Å²) in [4.78, 5) is 14.8. The van der Waals surface area contributed by atoms with E-state index < -0.39 is 0 Å². The van der Waals surface area contributed by atoms with Crippen molar-refractivity contribution in [3.63, 3.8) is 0 Å². The summed E-state index contributed by atoms with van der Waals surface area (Å²) in [5.41, 5.74) is 3.87. The zero-order valence-electron chi connectivity index (χ0n) is 18.0. The molecule has 1 heterocycles. The lowest BCUT2D eigenvalue weighted by atomic mass is 9.79. The Bertz CT molecular complexity index is 1190. The van der Waals surface area contributed by atoms with Gasteiger partial charge in [-0.15, -0.1) is 0 Å². The largest absolute Gasteiger partial charge is 0.508 e. The number of carbonyl (C=O) groups excluding carboxylic acids is 1. The highest BCUT2D eigenvalue weighted by molar-refractivity contribution is 6.03. The molecule has 0 unspecified atom stereocenters. The summed E-state index contributed by atoms with van der Waals surface area (Å²) in [6, 6.07) is 26.9. The van der Waals surface area contributed by atoms with Crippen LogP contribution in [0.1, 0.15) is 24.4 Å². The highest BCUT2D eigenvalue weighted by Crippen LogP contribution is 2.45. The van der Waals surface area contributed by atoms with E-state index in [0.717, 1.165) is 28.9 Å². The van der Waals surface area contributed by atoms with Gasteiger partial charge in [0, 0.05) is 5.69 Å². The van der Waals surface area contributed by atoms with Crippen molar-refractivity contribution in [2.24, 2.45) is 5.92 Å². The topological polar surface area (TPSA) is 49.8 Å². The molecule has 0 spiro atoms. The SMILES string of the molecule is O=C1[C@H](CCCOc2cc3cccccc-3c2)[C@@H](c2ccc(O)cc2)N1c1ccc(F)cc1. The van der Waals surface area contributed by atoms with Gasteiger partial charge in [0.2, 0.25) is 5.91 Å². The molecular weight excluding hydrogens is 417 g/mol. The fourth-order valence-electron chi connectivity index (χ4n) is 4.54. The fraction of sp³-hybridized carbons (Fsp3) is 0.179. The number of ether oxygens (including phenoxy) is 1. The molecule has 0 aromatic heterocycles. The molecule has 5 rings (SSSR count). The van der Waals surface area contributed by atoms with Gasteiger partial charge in [-0.2, -0.15) is 0 Å². The van der Waals surface area contributed by atoms with Gasteiger partial charge >= 0.3 is 0 Å². The average molecular weight is 442 g/mol. The predicted molar refractivity (Wildman–Crippen MR) is 126 cm³/mol. The molecule has 5 heteroatoms. The number of benzene rings is 2. The predicted octanol–water partition coefficient (Wildman–Crippen LogP) is 6.20. The first-order chi connectivity index (χ1) is 16.1. The molecule has 166 valence electrons. The smallest absolute Gasteiger partial charge is 0.233 e. The minimum atomic E-state index is -0.337. The van der Waals surface area contributed by atoms with E-state index in [1.54, 1.807) is 29.2 Å². The molecule has 2 aromatic rings. The summed E-state index contributed by atoms with van der Waals surface area (Å²) in [6.45, 7) is 0.519. The maximum absolute atomic E-state index is 13.4. The molecule has 0 bridgehead atoms. The zero-order chi connectivity index (χ0) is 22.8. The molecule has 1 amide bonds. The Hall–Kier alpha value is -3.86. The van der Waals surface area contributed by atoms with Crippen LogP contribution in [-0.2, 0) is 4.79 Å². The first-order valence-electron chi connectivity index (χ1n) is 11.1. The highest BCUT2D eigenvalue weighted by atomic mass is 19.1. The summed E-state index contributed by atoms with van der Waals surface area (Å²) in [7, 11) is 0. The second kappa shape index (κ2) is 8.94. The highest BCUT2D eigenvalue weighted by Gasteiger charge is 2.48. The van der Waals surface area contributed by atoms with Crippen LogP contribution in [0.5, 0.6) is 11.5 Å². The number of phenols is 1. The third-order valence-corrected chi connectivity index (χ3v) is 6.18. The van der Waals surface area contributed by atoms with E-state index in [1.807, 2.05) is 42.5 Å². The number of halogens is 1. The molecule has 4 nitrogen and oxygen atoms in total. The van der Waals surface area contributed by atoms with Gasteiger partial charge in [0.05, 0.1) is 18.6 Å². The quantitative estimate of drug-likeness (QED) is 0.274. The number of phenolic OH excluding ortho intramolecular Hbond substituents is 1. The Morgan fingerprint density at radius 3 is 2.21 bits per heavy atom. The van der Waals surface area contributed by atoms with Gasteiger partial charge in [0.25, 0.3) is 0 Å². The molecule has 0 saturated carbocycles. The van der Waals surface area contributed by atoms with E-state index in [9.17, 15) is 14.3 Å². The number of amides is 1. The minimum absolute atomic E-state index is 0.0197. The Morgan fingerprint density at radius 2 is 1.55 bits per heavy atom. The lowest BCUT2D eigenvalue weighted by molar-refractivity contribution is -0.130. The number of rotatable bonds is 7. The van der Waals surface area contributed by atoms with E-state index in [-0.39, 0.29) is 29.4 Å². The molecule has 1 fully saturated rings. The maximum atomic E-state index is 13.4. The summed E-state index contributed by atoms with van der Waals surface area (Å²) >= 11 is 0. The lowest BCUT2D eigenvalue weighted by Crippen LogP contribution is -2.55. The van der Waals surface area contributed by atoms with Crippen LogP contribution in [0, 0.1) is 11.7 Å². The molecule has 2 atom stereocenters. The Morgan fingerprint density at radius 1 is 0.879 bits per heavy atom. The second-order valence-electron chi connectivity index (χ2n) is 8.33. The molecule has 1 N–H and O–H groups in total. The molecule has 2 aromatic carbocycles. The number of β-lactam (4-membered cyclic amide) rings is 1. The van der Waals surface area contributed by atoms with Gasteiger partial charge in [-0.1, -0.05) is 42.5 Å². The van der Waals surface area contributed by atoms with Crippen LogP contribution >= 0.6 is 0 Å². The van der Waals surface area contributed by atoms with Crippen molar-refractivity contribution in [3.8, 4) is 22.6 Å². The van der Waals surface area contributed by atoms with Crippen LogP contribution in [0.25, 0.3) is 11.1 Å². The maximum Gasteiger partial charge on any atom is 0.233 e. The van der Waals surface area contributed by atoms with Gasteiger partial charge in [-0.25, -0.2) is 4.39 Å². The number of aromatic hydroxyl groups is 1. The summed E-state index contributed by atoms with van der Waals surface area (Å²) in [5.74, 6) is 0.500. The number of nitrogens with zero attached hydrogens (tertiary/aromatic N) is 1. The van der Waals surface area contributed by atoms with Crippen molar-refractivity contribution in [2.45, 2.75) is 18.9 Å². The molecule has 2 aliphatic carbocycles. The third kappa shape index (κ3) is 4.27. The Labute approximate surface area is 192 Å². The Kier molecular flexibility index (Phi) is 5.69. The summed E-state index contributed by atoms with van der Waals surface area (Å²) in [5, 5.41) is 9.67. The van der Waals surface area contributed by atoms with Crippen molar-refractivity contribution in [1.82, 2.24) is 0 Å². The van der Waals surface area contributed by atoms with Crippen LogP contribution in [0.2, 0.25) is 0 Å². The zero-order valence-corrected chi connectivity index (χ0v) is 18.0. The first kappa shape index (κ1) is 21.0. The van der Waals surface area contributed by atoms with Crippen LogP contribution in [0.15, 0.2) is 91.0 Å². The number of hydrogen-bond donors (Lipinski definition) is 1. The second-order valence-corrected chi connectivity index (χ2v) is 8.33. The molecule has 0 radical (unpaired) electrons. The standard InChI is InChI=1S/C28H24FNO3/c29-22-10-12-23(13-11-22)30-27(19-8-14-24(31)15-9-19)26(28(30)32)7-4-16-33-25-17-20-5-2-1-3-6-21(20)18-25/h1-3,5-6,8-15,17-18,26-27,31H,4,7,16H2/t26-,27-/m1/s1. The van der Waals surface area contributed by atoms with Crippen molar-refractivity contribution in [3.05, 3.63) is 102 Å². The summed E-state index contributed by atoms with van der Waals surface area (Å²) < 4.78 is 19.4. The molecule has 3 aliphatic rings. The van der Waals surface area contributed by atoms with Crippen LogP contribution in [-0.4, -0.2) is 17.6 Å². The average Bonchev–Trinajstić information content (AvgIpc) is 3.07. The minimum Gasteiger partial charge on any atom is -0.508 e. The molecule has 33 heavy (non-hydrogen) atoms. The normalized spacial score (nSPS) is 17.7. The monoisotopic (exact) mass is 441 g/mol. The molecule has 1 saturated heterocycles. The van der Waals surface area contributed by atoms with Gasteiger partial charge < -0.3 is 14.7 Å². The van der Waals surface area contributed by atoms with E-state index in [4.69, 9.17) is 4.74 Å². The van der Waals surface area contributed by atoms with Crippen molar-refractivity contribution in [1.29, 1.82) is 0 Å². The fourth-order valence-corrected chi connectivity index (χ4v) is 4.54. The van der Waals surface area contributed by atoms with Gasteiger partial charge in [-0.05, 0) is 78.1 Å².